The normalized spacial score (nSPS) is 14.4. The van der Waals surface area contributed by atoms with Gasteiger partial charge in [-0.3, -0.25) is 9.78 Å². The van der Waals surface area contributed by atoms with Crippen LogP contribution < -0.4 is 4.74 Å². The van der Waals surface area contributed by atoms with Crippen molar-refractivity contribution in [1.29, 1.82) is 0 Å². The highest BCUT2D eigenvalue weighted by Gasteiger charge is 2.25. The first kappa shape index (κ1) is 20.1. The van der Waals surface area contributed by atoms with Gasteiger partial charge in [-0.25, -0.2) is 0 Å². The van der Waals surface area contributed by atoms with E-state index < -0.39 is 0 Å². The smallest absolute Gasteiger partial charge is 0.245 e. The van der Waals surface area contributed by atoms with E-state index in [4.69, 9.17) is 9.72 Å². The molecule has 1 saturated heterocycles. The van der Waals surface area contributed by atoms with Crippen molar-refractivity contribution in [2.75, 3.05) is 13.1 Å². The van der Waals surface area contributed by atoms with Crippen LogP contribution in [0.2, 0.25) is 0 Å². The summed E-state index contributed by atoms with van der Waals surface area (Å²) in [5.41, 5.74) is 4.17. The van der Waals surface area contributed by atoms with Crippen molar-refractivity contribution >= 4 is 16.8 Å². The predicted molar refractivity (Wildman–Crippen MR) is 127 cm³/mol. The van der Waals surface area contributed by atoms with Gasteiger partial charge in [0.2, 0.25) is 5.91 Å². The second-order valence-corrected chi connectivity index (χ2v) is 8.07. The molecule has 1 amide bonds. The molecule has 5 rings (SSSR count). The van der Waals surface area contributed by atoms with Gasteiger partial charge in [-0.05, 0) is 67.4 Å². The summed E-state index contributed by atoms with van der Waals surface area (Å²) in [6, 6.07) is 22.0. The van der Waals surface area contributed by atoms with Crippen molar-refractivity contribution in [1.82, 2.24) is 14.9 Å². The number of carbonyl (C=O) groups excluding carboxylic acids is 1. The molecule has 1 aliphatic heterocycles. The molecule has 0 unspecified atom stereocenters. The van der Waals surface area contributed by atoms with Crippen LogP contribution in [0.3, 0.4) is 0 Å². The van der Waals surface area contributed by atoms with Gasteiger partial charge in [0.25, 0.3) is 0 Å². The molecule has 0 bridgehead atoms. The third-order valence-electron chi connectivity index (χ3n) is 6.07. The monoisotopic (exact) mass is 423 g/mol. The molecule has 0 aliphatic carbocycles. The lowest BCUT2D eigenvalue weighted by Gasteiger charge is -2.31. The lowest BCUT2D eigenvalue weighted by Crippen LogP contribution is -2.37. The average molecular weight is 424 g/mol. The fourth-order valence-corrected chi connectivity index (χ4v) is 4.36. The highest BCUT2D eigenvalue weighted by Crippen LogP contribution is 2.34. The molecule has 0 radical (unpaired) electrons. The van der Waals surface area contributed by atoms with Crippen LogP contribution in [0.25, 0.3) is 22.2 Å². The van der Waals surface area contributed by atoms with E-state index in [2.05, 4.69) is 23.7 Å². The van der Waals surface area contributed by atoms with Gasteiger partial charge in [0.05, 0.1) is 11.4 Å². The molecule has 1 aliphatic rings. The van der Waals surface area contributed by atoms with E-state index in [0.717, 1.165) is 65.3 Å². The molecule has 1 fully saturated rings. The topological polar surface area (TPSA) is 58.2 Å². The zero-order chi connectivity index (χ0) is 21.9. The van der Waals surface area contributed by atoms with Crippen molar-refractivity contribution in [2.45, 2.75) is 18.8 Å². The number of rotatable bonds is 5. The number of carbonyl (C=O) groups is 1. The van der Waals surface area contributed by atoms with Gasteiger partial charge in [-0.1, -0.05) is 24.8 Å². The van der Waals surface area contributed by atoms with Gasteiger partial charge in [-0.15, -0.1) is 0 Å². The Hall–Kier alpha value is -3.86. The number of nitrogens with zero attached hydrogens (tertiary/aromatic N) is 2. The van der Waals surface area contributed by atoms with Gasteiger partial charge in [0.15, 0.2) is 0 Å². The molecule has 4 aromatic rings. The molecule has 32 heavy (non-hydrogen) atoms. The van der Waals surface area contributed by atoms with Crippen LogP contribution in [0.1, 0.15) is 24.5 Å². The molecule has 2 aromatic heterocycles. The SMILES string of the molecule is C=CC(=O)N1CCC(c2nc(-c3ccc(Oc4ccccc4)cc3)cc3[nH]ccc23)CC1. The number of pyridine rings is 1. The van der Waals surface area contributed by atoms with E-state index in [1.165, 1.54) is 6.08 Å². The van der Waals surface area contributed by atoms with E-state index in [-0.39, 0.29) is 5.91 Å². The second kappa shape index (κ2) is 8.71. The molecule has 0 atom stereocenters. The summed E-state index contributed by atoms with van der Waals surface area (Å²) in [5, 5.41) is 1.16. The van der Waals surface area contributed by atoms with Gasteiger partial charge in [0, 0.05) is 41.7 Å². The summed E-state index contributed by atoms with van der Waals surface area (Å²) in [6.45, 7) is 5.07. The van der Waals surface area contributed by atoms with Crippen molar-refractivity contribution in [3.63, 3.8) is 0 Å². The Balaban J connectivity index is 1.41. The van der Waals surface area contributed by atoms with Crippen molar-refractivity contribution in [2.24, 2.45) is 0 Å². The molecule has 5 heteroatoms. The lowest BCUT2D eigenvalue weighted by molar-refractivity contribution is -0.127. The Morgan fingerprint density at radius 1 is 1.03 bits per heavy atom. The quantitative estimate of drug-likeness (QED) is 0.406. The number of nitrogens with one attached hydrogen (secondary N) is 1. The fraction of sp³-hybridized carbons (Fsp3) is 0.185. The Morgan fingerprint density at radius 3 is 2.47 bits per heavy atom. The van der Waals surface area contributed by atoms with Crippen molar-refractivity contribution in [3.05, 3.63) is 91.3 Å². The van der Waals surface area contributed by atoms with Crippen molar-refractivity contribution in [3.8, 4) is 22.8 Å². The third kappa shape index (κ3) is 4.02. The van der Waals surface area contributed by atoms with Crippen LogP contribution in [-0.4, -0.2) is 33.9 Å². The largest absolute Gasteiger partial charge is 0.457 e. The van der Waals surface area contributed by atoms with E-state index >= 15 is 0 Å². The highest BCUT2D eigenvalue weighted by molar-refractivity contribution is 5.87. The lowest BCUT2D eigenvalue weighted by atomic mass is 9.90. The summed E-state index contributed by atoms with van der Waals surface area (Å²) >= 11 is 0. The first-order valence-corrected chi connectivity index (χ1v) is 10.9. The van der Waals surface area contributed by atoms with Gasteiger partial charge >= 0.3 is 0 Å². The van der Waals surface area contributed by atoms with E-state index in [9.17, 15) is 4.79 Å². The van der Waals surface area contributed by atoms with Gasteiger partial charge < -0.3 is 14.6 Å². The predicted octanol–water partition coefficient (Wildman–Crippen LogP) is 5.91. The molecule has 1 N–H and O–H groups in total. The Morgan fingerprint density at radius 2 is 1.75 bits per heavy atom. The minimum Gasteiger partial charge on any atom is -0.457 e. The summed E-state index contributed by atoms with van der Waals surface area (Å²) in [6.07, 6.45) is 5.17. The molecular formula is C27H25N3O2. The highest BCUT2D eigenvalue weighted by atomic mass is 16.5. The van der Waals surface area contributed by atoms with Crippen LogP contribution in [0.4, 0.5) is 0 Å². The van der Waals surface area contributed by atoms with Crippen LogP contribution >= 0.6 is 0 Å². The number of likely N-dealkylation sites (tertiary alicyclic amines) is 1. The molecule has 3 heterocycles. The number of aromatic nitrogens is 2. The number of H-pyrrole nitrogens is 1. The number of hydrogen-bond donors (Lipinski definition) is 1. The summed E-state index contributed by atoms with van der Waals surface area (Å²) in [5.74, 6) is 1.94. The van der Waals surface area contributed by atoms with Gasteiger partial charge in [-0.2, -0.15) is 0 Å². The van der Waals surface area contributed by atoms with E-state index in [1.807, 2.05) is 65.7 Å². The van der Waals surface area contributed by atoms with E-state index in [1.54, 1.807) is 0 Å². The molecular weight excluding hydrogens is 398 g/mol. The molecule has 160 valence electrons. The zero-order valence-corrected chi connectivity index (χ0v) is 17.8. The number of piperidine rings is 1. The maximum Gasteiger partial charge on any atom is 0.245 e. The summed E-state index contributed by atoms with van der Waals surface area (Å²) in [4.78, 5) is 22.2. The number of ether oxygens (including phenoxy) is 1. The minimum absolute atomic E-state index is 0.00904. The van der Waals surface area contributed by atoms with Crippen LogP contribution in [0.5, 0.6) is 11.5 Å². The molecule has 0 saturated carbocycles. The Labute approximate surface area is 187 Å². The number of fused-ring (bicyclic) bond motifs is 1. The third-order valence-corrected chi connectivity index (χ3v) is 6.07. The maximum atomic E-state index is 11.9. The second-order valence-electron chi connectivity index (χ2n) is 8.07. The summed E-state index contributed by atoms with van der Waals surface area (Å²) in [7, 11) is 0. The molecule has 5 nitrogen and oxygen atoms in total. The number of hydrogen-bond acceptors (Lipinski definition) is 3. The first-order chi connectivity index (χ1) is 15.7. The van der Waals surface area contributed by atoms with Crippen LogP contribution in [-0.2, 0) is 4.79 Å². The summed E-state index contributed by atoms with van der Waals surface area (Å²) < 4.78 is 5.92. The standard InChI is InChI=1S/C27H25N3O2/c1-2-26(31)30-16-13-20(14-17-30)27-23-12-15-28-25(23)18-24(29-27)19-8-10-22(11-9-19)32-21-6-4-3-5-7-21/h2-12,15,18,20,28H,1,13-14,16-17H2. The number of para-hydroxylation sites is 1. The molecule has 2 aromatic carbocycles. The Kier molecular flexibility index (Phi) is 5.46. The van der Waals surface area contributed by atoms with Crippen LogP contribution in [0.15, 0.2) is 85.6 Å². The number of benzene rings is 2. The fourth-order valence-electron chi connectivity index (χ4n) is 4.36. The van der Waals surface area contributed by atoms with Crippen LogP contribution in [0, 0.1) is 0 Å². The zero-order valence-electron chi connectivity index (χ0n) is 17.8. The average Bonchev–Trinajstić information content (AvgIpc) is 3.33. The van der Waals surface area contributed by atoms with Gasteiger partial charge in [0.1, 0.15) is 11.5 Å². The minimum atomic E-state index is 0.00904. The van der Waals surface area contributed by atoms with E-state index in [0.29, 0.717) is 5.92 Å². The number of amides is 1. The Bertz CT molecular complexity index is 1240. The maximum absolute atomic E-state index is 11.9. The van der Waals surface area contributed by atoms with Crippen molar-refractivity contribution < 1.29 is 9.53 Å². The number of aromatic amines is 1. The molecule has 0 spiro atoms. The first-order valence-electron chi connectivity index (χ1n) is 10.9.